The molecular formula is C26H27N3O2. The highest BCUT2D eigenvalue weighted by Gasteiger charge is 2.22. The number of carbonyl (C=O) groups is 1. The third-order valence-electron chi connectivity index (χ3n) is 5.20. The van der Waals surface area contributed by atoms with Crippen molar-refractivity contribution in [2.45, 2.75) is 40.0 Å². The zero-order chi connectivity index (χ0) is 21.8. The van der Waals surface area contributed by atoms with Gasteiger partial charge in [-0.3, -0.25) is 4.79 Å². The van der Waals surface area contributed by atoms with Gasteiger partial charge in [0.1, 0.15) is 24.7 Å². The average molecular weight is 414 g/mol. The van der Waals surface area contributed by atoms with E-state index in [1.54, 1.807) is 0 Å². The Hall–Kier alpha value is -3.60. The number of benzene rings is 3. The lowest BCUT2D eigenvalue weighted by Crippen LogP contribution is -2.39. The van der Waals surface area contributed by atoms with Crippen LogP contribution >= 0.6 is 0 Å². The van der Waals surface area contributed by atoms with Crippen molar-refractivity contribution in [2.24, 2.45) is 0 Å². The first kappa shape index (κ1) is 20.7. The lowest BCUT2D eigenvalue weighted by atomic mass is 10.2. The van der Waals surface area contributed by atoms with E-state index < -0.39 is 0 Å². The molecule has 3 aromatic carbocycles. The number of hydrogen-bond donors (Lipinski definition) is 0. The molecule has 0 N–H and O–H groups in total. The molecule has 0 aliphatic carbocycles. The number of aromatic nitrogens is 2. The maximum absolute atomic E-state index is 13.4. The Morgan fingerprint density at radius 3 is 2.48 bits per heavy atom. The highest BCUT2D eigenvalue weighted by atomic mass is 16.5. The molecule has 0 atom stereocenters. The van der Waals surface area contributed by atoms with Crippen molar-refractivity contribution in [1.82, 2.24) is 9.55 Å². The van der Waals surface area contributed by atoms with Crippen LogP contribution in [0.3, 0.4) is 0 Å². The molecular weight excluding hydrogens is 386 g/mol. The van der Waals surface area contributed by atoms with Crippen LogP contribution in [0, 0.1) is 6.92 Å². The molecule has 5 heteroatoms. The highest BCUT2D eigenvalue weighted by Crippen LogP contribution is 2.22. The summed E-state index contributed by atoms with van der Waals surface area (Å²) in [6.07, 6.45) is 0. The van der Waals surface area contributed by atoms with Crippen LogP contribution in [0.4, 0.5) is 5.69 Å². The Morgan fingerprint density at radius 2 is 1.74 bits per heavy atom. The zero-order valence-electron chi connectivity index (χ0n) is 18.2. The van der Waals surface area contributed by atoms with Gasteiger partial charge >= 0.3 is 0 Å². The molecule has 0 fully saturated rings. The standard InChI is InChI=1S/C26H27N3O2/c1-19(2)29(21-11-5-4-6-12-21)26(30)17-28-24-15-8-7-14-23(24)27-25(28)18-31-22-13-9-10-20(3)16-22/h4-16,19H,17-18H2,1-3H3. The van der Waals surface area contributed by atoms with E-state index >= 15 is 0 Å². The van der Waals surface area contributed by atoms with Crippen LogP contribution in [0.1, 0.15) is 25.2 Å². The van der Waals surface area contributed by atoms with Gasteiger partial charge in [-0.25, -0.2) is 4.98 Å². The first-order valence-electron chi connectivity index (χ1n) is 10.5. The van der Waals surface area contributed by atoms with E-state index in [1.807, 2.05) is 109 Å². The number of anilines is 1. The molecule has 1 amide bonds. The number of carbonyl (C=O) groups excluding carboxylic acids is 1. The van der Waals surface area contributed by atoms with Crippen molar-refractivity contribution in [3.8, 4) is 5.75 Å². The number of ether oxygens (including phenoxy) is 1. The molecule has 4 aromatic rings. The maximum atomic E-state index is 13.4. The molecule has 158 valence electrons. The molecule has 1 heterocycles. The molecule has 0 saturated carbocycles. The second kappa shape index (κ2) is 9.04. The summed E-state index contributed by atoms with van der Waals surface area (Å²) < 4.78 is 7.97. The van der Waals surface area contributed by atoms with Crippen molar-refractivity contribution >= 4 is 22.6 Å². The summed E-state index contributed by atoms with van der Waals surface area (Å²) in [5.41, 5.74) is 3.81. The monoisotopic (exact) mass is 413 g/mol. The number of hydrogen-bond acceptors (Lipinski definition) is 3. The second-order valence-corrected chi connectivity index (χ2v) is 7.90. The van der Waals surface area contributed by atoms with Crippen LogP contribution in [0.25, 0.3) is 11.0 Å². The normalized spacial score (nSPS) is 11.1. The Balaban J connectivity index is 1.64. The van der Waals surface area contributed by atoms with Crippen LogP contribution < -0.4 is 9.64 Å². The number of imidazole rings is 1. The van der Waals surface area contributed by atoms with Gasteiger partial charge in [-0.05, 0) is 62.7 Å². The van der Waals surface area contributed by atoms with Crippen molar-refractivity contribution in [3.05, 3.63) is 90.3 Å². The minimum atomic E-state index is 0.0150. The van der Waals surface area contributed by atoms with Crippen LogP contribution in [0.2, 0.25) is 0 Å². The summed E-state index contributed by atoms with van der Waals surface area (Å²) >= 11 is 0. The summed E-state index contributed by atoms with van der Waals surface area (Å²) in [6.45, 7) is 6.57. The predicted molar refractivity (Wildman–Crippen MR) is 124 cm³/mol. The van der Waals surface area contributed by atoms with Gasteiger partial charge in [-0.15, -0.1) is 0 Å². The van der Waals surface area contributed by atoms with Crippen molar-refractivity contribution in [2.75, 3.05) is 4.90 Å². The maximum Gasteiger partial charge on any atom is 0.247 e. The molecule has 0 radical (unpaired) electrons. The second-order valence-electron chi connectivity index (χ2n) is 7.90. The molecule has 31 heavy (non-hydrogen) atoms. The Bertz CT molecular complexity index is 1180. The number of rotatable bonds is 7. The molecule has 0 saturated heterocycles. The lowest BCUT2D eigenvalue weighted by molar-refractivity contribution is -0.119. The smallest absolute Gasteiger partial charge is 0.247 e. The number of fused-ring (bicyclic) bond motifs is 1. The van der Waals surface area contributed by atoms with E-state index in [0.29, 0.717) is 6.61 Å². The molecule has 5 nitrogen and oxygen atoms in total. The quantitative estimate of drug-likeness (QED) is 0.409. The summed E-state index contributed by atoms with van der Waals surface area (Å²) in [5.74, 6) is 1.53. The largest absolute Gasteiger partial charge is 0.486 e. The minimum absolute atomic E-state index is 0.0150. The van der Waals surface area contributed by atoms with Crippen LogP contribution in [0.5, 0.6) is 5.75 Å². The summed E-state index contributed by atoms with van der Waals surface area (Å²) in [4.78, 5) is 20.0. The Kier molecular flexibility index (Phi) is 6.03. The van der Waals surface area contributed by atoms with Gasteiger partial charge in [0.25, 0.3) is 0 Å². The zero-order valence-corrected chi connectivity index (χ0v) is 18.2. The van der Waals surface area contributed by atoms with Gasteiger partial charge in [0.2, 0.25) is 5.91 Å². The fraction of sp³-hybridized carbons (Fsp3) is 0.231. The number of nitrogens with zero attached hydrogens (tertiary/aromatic N) is 3. The van der Waals surface area contributed by atoms with E-state index in [0.717, 1.165) is 33.9 Å². The first-order chi connectivity index (χ1) is 15.0. The molecule has 0 spiro atoms. The summed E-state index contributed by atoms with van der Waals surface area (Å²) in [7, 11) is 0. The topological polar surface area (TPSA) is 47.4 Å². The summed E-state index contributed by atoms with van der Waals surface area (Å²) in [5, 5.41) is 0. The molecule has 0 unspecified atom stereocenters. The van der Waals surface area contributed by atoms with Gasteiger partial charge < -0.3 is 14.2 Å². The number of aryl methyl sites for hydroxylation is 1. The van der Waals surface area contributed by atoms with Gasteiger partial charge in [0.15, 0.2) is 0 Å². The SMILES string of the molecule is Cc1cccc(OCc2nc3ccccc3n2CC(=O)N(c2ccccc2)C(C)C)c1. The molecule has 0 aliphatic rings. The Morgan fingerprint density at radius 1 is 1.00 bits per heavy atom. The predicted octanol–water partition coefficient (Wildman–Crippen LogP) is 5.37. The van der Waals surface area contributed by atoms with Gasteiger partial charge in [-0.2, -0.15) is 0 Å². The third kappa shape index (κ3) is 4.61. The average Bonchev–Trinajstić information content (AvgIpc) is 3.10. The molecule has 0 aliphatic heterocycles. The van der Waals surface area contributed by atoms with E-state index in [2.05, 4.69) is 0 Å². The number of para-hydroxylation sites is 3. The van der Waals surface area contributed by atoms with Crippen molar-refractivity contribution in [1.29, 1.82) is 0 Å². The number of amides is 1. The van der Waals surface area contributed by atoms with Crippen LogP contribution in [0.15, 0.2) is 78.9 Å². The summed E-state index contributed by atoms with van der Waals surface area (Å²) in [6, 6.07) is 25.6. The van der Waals surface area contributed by atoms with Crippen LogP contribution in [-0.4, -0.2) is 21.5 Å². The fourth-order valence-electron chi connectivity index (χ4n) is 3.80. The molecule has 0 bridgehead atoms. The van der Waals surface area contributed by atoms with Crippen molar-refractivity contribution < 1.29 is 9.53 Å². The Labute approximate surface area is 182 Å². The molecule has 1 aromatic heterocycles. The highest BCUT2D eigenvalue weighted by molar-refractivity contribution is 5.94. The van der Waals surface area contributed by atoms with E-state index in [1.165, 1.54) is 0 Å². The van der Waals surface area contributed by atoms with E-state index in [4.69, 9.17) is 9.72 Å². The van der Waals surface area contributed by atoms with Crippen LogP contribution in [-0.2, 0) is 17.9 Å². The van der Waals surface area contributed by atoms with Gasteiger partial charge in [0.05, 0.1) is 11.0 Å². The van der Waals surface area contributed by atoms with E-state index in [-0.39, 0.29) is 18.5 Å². The van der Waals surface area contributed by atoms with Crippen molar-refractivity contribution in [3.63, 3.8) is 0 Å². The first-order valence-corrected chi connectivity index (χ1v) is 10.5. The van der Waals surface area contributed by atoms with Gasteiger partial charge in [-0.1, -0.05) is 42.5 Å². The lowest BCUT2D eigenvalue weighted by Gasteiger charge is -2.27. The fourth-order valence-corrected chi connectivity index (χ4v) is 3.80. The third-order valence-corrected chi connectivity index (χ3v) is 5.20. The molecule has 4 rings (SSSR count). The van der Waals surface area contributed by atoms with E-state index in [9.17, 15) is 4.79 Å². The van der Waals surface area contributed by atoms with Gasteiger partial charge in [0, 0.05) is 11.7 Å². The minimum Gasteiger partial charge on any atom is -0.486 e.